The van der Waals surface area contributed by atoms with Crippen molar-refractivity contribution in [1.82, 2.24) is 0 Å². The molecule has 2 aromatic rings. The highest BCUT2D eigenvalue weighted by Gasteiger charge is 2.23. The fraction of sp³-hybridized carbons (Fsp3) is 0.250. The number of fused-ring (bicyclic) bond motifs is 1. The number of nitrogens with one attached hydrogen (secondary N) is 1. The highest BCUT2D eigenvalue weighted by molar-refractivity contribution is 7.92. The molecule has 0 radical (unpaired) electrons. The summed E-state index contributed by atoms with van der Waals surface area (Å²) in [6, 6.07) is 12.9. The monoisotopic (exact) mass is 318 g/mol. The van der Waals surface area contributed by atoms with Gasteiger partial charge in [0.15, 0.2) is 5.75 Å². The summed E-state index contributed by atoms with van der Waals surface area (Å²) >= 11 is 0. The smallest absolute Gasteiger partial charge is 0.229 e. The van der Waals surface area contributed by atoms with E-state index in [2.05, 4.69) is 4.72 Å². The fourth-order valence-electron chi connectivity index (χ4n) is 2.65. The minimum absolute atomic E-state index is 0.0274. The number of benzene rings is 2. The molecule has 0 aliphatic heterocycles. The standard InChI is InChI=1S/C16H18N2O3S/c1-22(19,20)18-15-9-11-7-8-14(17)13(11)10-16(15)21-12-5-3-2-4-6-12/h2-6,9-10,14,18H,7-8,17H2,1H3. The van der Waals surface area contributed by atoms with Gasteiger partial charge < -0.3 is 10.5 Å². The zero-order valence-electron chi connectivity index (χ0n) is 12.2. The first-order valence-corrected chi connectivity index (χ1v) is 8.94. The molecule has 2 aromatic carbocycles. The topological polar surface area (TPSA) is 81.4 Å². The molecule has 1 unspecified atom stereocenters. The fourth-order valence-corrected chi connectivity index (χ4v) is 3.21. The first-order chi connectivity index (χ1) is 10.4. The van der Waals surface area contributed by atoms with Gasteiger partial charge in [0.05, 0.1) is 11.9 Å². The van der Waals surface area contributed by atoms with Crippen molar-refractivity contribution in [1.29, 1.82) is 0 Å². The summed E-state index contributed by atoms with van der Waals surface area (Å²) in [4.78, 5) is 0. The van der Waals surface area contributed by atoms with Gasteiger partial charge >= 0.3 is 0 Å². The van der Waals surface area contributed by atoms with Crippen LogP contribution in [0.4, 0.5) is 5.69 Å². The van der Waals surface area contributed by atoms with Crippen LogP contribution in [0.1, 0.15) is 23.6 Å². The minimum Gasteiger partial charge on any atom is -0.455 e. The van der Waals surface area contributed by atoms with E-state index in [0.29, 0.717) is 17.2 Å². The van der Waals surface area contributed by atoms with Crippen LogP contribution in [0, 0.1) is 0 Å². The third-order valence-corrected chi connectivity index (χ3v) is 4.22. The molecule has 22 heavy (non-hydrogen) atoms. The van der Waals surface area contributed by atoms with Crippen LogP contribution in [0.2, 0.25) is 0 Å². The van der Waals surface area contributed by atoms with Crippen molar-refractivity contribution in [3.8, 4) is 11.5 Å². The molecule has 5 nitrogen and oxygen atoms in total. The number of hydrogen-bond donors (Lipinski definition) is 2. The SMILES string of the molecule is CS(=O)(=O)Nc1cc2c(cc1Oc1ccccc1)C(N)CC2. The van der Waals surface area contributed by atoms with E-state index >= 15 is 0 Å². The normalized spacial score (nSPS) is 17.1. The molecule has 0 fully saturated rings. The predicted octanol–water partition coefficient (Wildman–Crippen LogP) is 2.80. The third kappa shape index (κ3) is 3.23. The van der Waals surface area contributed by atoms with Gasteiger partial charge in [-0.2, -0.15) is 0 Å². The minimum atomic E-state index is -3.38. The molecule has 0 heterocycles. The molecule has 3 N–H and O–H groups in total. The number of hydrogen-bond acceptors (Lipinski definition) is 4. The van der Waals surface area contributed by atoms with Gasteiger partial charge in [-0.05, 0) is 48.2 Å². The van der Waals surface area contributed by atoms with Gasteiger partial charge in [-0.25, -0.2) is 8.42 Å². The van der Waals surface area contributed by atoms with E-state index < -0.39 is 10.0 Å². The quantitative estimate of drug-likeness (QED) is 0.908. The van der Waals surface area contributed by atoms with Crippen LogP contribution < -0.4 is 15.2 Å². The van der Waals surface area contributed by atoms with Crippen LogP contribution in [-0.4, -0.2) is 14.7 Å². The molecule has 1 aliphatic rings. The summed E-state index contributed by atoms with van der Waals surface area (Å²) < 4.78 is 31.5. The van der Waals surface area contributed by atoms with Crippen molar-refractivity contribution in [3.63, 3.8) is 0 Å². The second-order valence-corrected chi connectivity index (χ2v) is 7.23. The van der Waals surface area contributed by atoms with Crippen molar-refractivity contribution >= 4 is 15.7 Å². The summed E-state index contributed by atoms with van der Waals surface area (Å²) in [7, 11) is -3.38. The van der Waals surface area contributed by atoms with Gasteiger partial charge in [0.2, 0.25) is 10.0 Å². The summed E-state index contributed by atoms with van der Waals surface area (Å²) in [6.07, 6.45) is 2.83. The molecular weight excluding hydrogens is 300 g/mol. The lowest BCUT2D eigenvalue weighted by Gasteiger charge is -2.15. The average Bonchev–Trinajstić information content (AvgIpc) is 2.80. The van der Waals surface area contributed by atoms with Crippen LogP contribution in [0.15, 0.2) is 42.5 Å². The van der Waals surface area contributed by atoms with E-state index in [1.54, 1.807) is 0 Å². The van der Waals surface area contributed by atoms with E-state index in [9.17, 15) is 8.42 Å². The largest absolute Gasteiger partial charge is 0.455 e. The van der Waals surface area contributed by atoms with Crippen LogP contribution in [0.5, 0.6) is 11.5 Å². The van der Waals surface area contributed by atoms with Gasteiger partial charge in [-0.3, -0.25) is 4.72 Å². The summed E-state index contributed by atoms with van der Waals surface area (Å²) in [5, 5.41) is 0. The Kier molecular flexibility index (Phi) is 3.80. The second kappa shape index (κ2) is 5.62. The molecule has 0 amide bonds. The lowest BCUT2D eigenvalue weighted by atomic mass is 10.1. The Morgan fingerprint density at radius 2 is 1.95 bits per heavy atom. The Morgan fingerprint density at radius 1 is 1.23 bits per heavy atom. The van der Waals surface area contributed by atoms with Crippen LogP contribution in [0.3, 0.4) is 0 Å². The maximum atomic E-state index is 11.6. The number of rotatable bonds is 4. The predicted molar refractivity (Wildman–Crippen MR) is 86.7 cm³/mol. The number of sulfonamides is 1. The van der Waals surface area contributed by atoms with E-state index in [-0.39, 0.29) is 6.04 Å². The van der Waals surface area contributed by atoms with Gasteiger partial charge in [-0.15, -0.1) is 0 Å². The molecule has 0 aromatic heterocycles. The molecule has 1 atom stereocenters. The molecule has 1 aliphatic carbocycles. The molecule has 116 valence electrons. The zero-order valence-corrected chi connectivity index (χ0v) is 13.1. The lowest BCUT2D eigenvalue weighted by Crippen LogP contribution is -2.11. The maximum absolute atomic E-state index is 11.6. The summed E-state index contributed by atoms with van der Waals surface area (Å²) in [6.45, 7) is 0. The Labute approximate surface area is 130 Å². The number of nitrogens with two attached hydrogens (primary N) is 1. The van der Waals surface area contributed by atoms with Crippen LogP contribution in [-0.2, 0) is 16.4 Å². The van der Waals surface area contributed by atoms with E-state index in [1.165, 1.54) is 0 Å². The van der Waals surface area contributed by atoms with Crippen molar-refractivity contribution in [2.24, 2.45) is 5.73 Å². The number of ether oxygens (including phenoxy) is 1. The lowest BCUT2D eigenvalue weighted by molar-refractivity contribution is 0.483. The Bertz CT molecular complexity index is 789. The van der Waals surface area contributed by atoms with Crippen molar-refractivity contribution < 1.29 is 13.2 Å². The Balaban J connectivity index is 2.03. The molecule has 0 saturated heterocycles. The summed E-state index contributed by atoms with van der Waals surface area (Å²) in [5.74, 6) is 1.11. The number of para-hydroxylation sites is 1. The third-order valence-electron chi connectivity index (χ3n) is 3.63. The van der Waals surface area contributed by atoms with E-state index in [1.807, 2.05) is 42.5 Å². The van der Waals surface area contributed by atoms with E-state index in [4.69, 9.17) is 10.5 Å². The van der Waals surface area contributed by atoms with Crippen molar-refractivity contribution in [3.05, 3.63) is 53.6 Å². The first kappa shape index (κ1) is 14.9. The number of aryl methyl sites for hydroxylation is 1. The highest BCUT2D eigenvalue weighted by Crippen LogP contribution is 2.39. The Hall–Kier alpha value is -2.05. The van der Waals surface area contributed by atoms with Gasteiger partial charge in [0, 0.05) is 6.04 Å². The first-order valence-electron chi connectivity index (χ1n) is 7.05. The van der Waals surface area contributed by atoms with Crippen LogP contribution >= 0.6 is 0 Å². The zero-order chi connectivity index (χ0) is 15.7. The van der Waals surface area contributed by atoms with Crippen molar-refractivity contribution in [2.45, 2.75) is 18.9 Å². The second-order valence-electron chi connectivity index (χ2n) is 5.48. The van der Waals surface area contributed by atoms with Gasteiger partial charge in [-0.1, -0.05) is 18.2 Å². The molecule has 0 bridgehead atoms. The van der Waals surface area contributed by atoms with E-state index in [0.717, 1.165) is 30.2 Å². The molecule has 3 rings (SSSR count). The highest BCUT2D eigenvalue weighted by atomic mass is 32.2. The van der Waals surface area contributed by atoms with Crippen molar-refractivity contribution in [2.75, 3.05) is 11.0 Å². The maximum Gasteiger partial charge on any atom is 0.229 e. The molecule has 0 saturated carbocycles. The molecule has 0 spiro atoms. The summed E-state index contributed by atoms with van der Waals surface area (Å²) in [5.41, 5.74) is 8.62. The molecular formula is C16H18N2O3S. The molecule has 6 heteroatoms. The van der Waals surface area contributed by atoms with Crippen LogP contribution in [0.25, 0.3) is 0 Å². The Morgan fingerprint density at radius 3 is 2.64 bits per heavy atom. The average molecular weight is 318 g/mol. The number of anilines is 1. The van der Waals surface area contributed by atoms with Gasteiger partial charge in [0.1, 0.15) is 5.75 Å². The van der Waals surface area contributed by atoms with Gasteiger partial charge in [0.25, 0.3) is 0 Å².